The third-order valence-corrected chi connectivity index (χ3v) is 10.9. The van der Waals surface area contributed by atoms with Gasteiger partial charge >= 0.3 is 0 Å². The monoisotopic (exact) mass is 406 g/mol. The minimum absolute atomic E-state index is 0.0447. The SMILES string of the molecule is C[C@]12CC[C@@H](SCCCCN)CC1C(N=O)C[C@@H]1[C@@H]2CC[C@]2(C)C(=O)CC[C@@H]12. The molecule has 2 unspecified atom stereocenters. The third kappa shape index (κ3) is 3.29. The van der Waals surface area contributed by atoms with Gasteiger partial charge in [-0.2, -0.15) is 16.7 Å². The van der Waals surface area contributed by atoms with Crippen LogP contribution in [0.3, 0.4) is 0 Å². The van der Waals surface area contributed by atoms with Crippen molar-refractivity contribution >= 4 is 17.5 Å². The molecule has 4 fully saturated rings. The molecule has 0 saturated heterocycles. The fourth-order valence-corrected chi connectivity index (χ4v) is 9.13. The topological polar surface area (TPSA) is 72.5 Å². The molecule has 4 saturated carbocycles. The second kappa shape index (κ2) is 8.02. The van der Waals surface area contributed by atoms with Gasteiger partial charge in [0, 0.05) is 17.1 Å². The first-order chi connectivity index (χ1) is 13.4. The third-order valence-electron chi connectivity index (χ3n) is 9.43. The van der Waals surface area contributed by atoms with Crippen molar-refractivity contribution in [2.24, 2.45) is 45.4 Å². The molecule has 0 radical (unpaired) electrons. The molecule has 5 heteroatoms. The van der Waals surface area contributed by atoms with Gasteiger partial charge in [0.15, 0.2) is 0 Å². The van der Waals surface area contributed by atoms with Crippen LogP contribution in [0.4, 0.5) is 0 Å². The summed E-state index contributed by atoms with van der Waals surface area (Å²) in [4.78, 5) is 24.5. The number of Topliss-reactive ketones (excluding diaryl/α,β-unsaturated/α-hetero) is 1. The molecular formula is C23H38N2O2S. The lowest BCUT2D eigenvalue weighted by molar-refractivity contribution is -0.140. The Balaban J connectivity index is 1.51. The van der Waals surface area contributed by atoms with Crippen LogP contribution in [-0.4, -0.2) is 29.4 Å². The Hall–Kier alpha value is -0.420. The molecule has 4 nitrogen and oxygen atoms in total. The van der Waals surface area contributed by atoms with Crippen molar-refractivity contribution in [1.29, 1.82) is 0 Å². The number of hydrogen-bond acceptors (Lipinski definition) is 5. The fraction of sp³-hybridized carbons (Fsp3) is 0.957. The maximum Gasteiger partial charge on any atom is 0.139 e. The fourth-order valence-electron chi connectivity index (χ4n) is 7.80. The van der Waals surface area contributed by atoms with Crippen LogP contribution in [0.5, 0.6) is 0 Å². The minimum Gasteiger partial charge on any atom is -0.330 e. The van der Waals surface area contributed by atoms with Gasteiger partial charge in [-0.3, -0.25) is 4.79 Å². The Morgan fingerprint density at radius 2 is 1.89 bits per heavy atom. The van der Waals surface area contributed by atoms with E-state index >= 15 is 0 Å². The highest BCUT2D eigenvalue weighted by molar-refractivity contribution is 7.99. The lowest BCUT2D eigenvalue weighted by Crippen LogP contribution is -2.57. The molecule has 0 spiro atoms. The molecule has 0 bridgehead atoms. The van der Waals surface area contributed by atoms with Gasteiger partial charge in [0.1, 0.15) is 5.78 Å². The maximum atomic E-state index is 12.6. The molecule has 158 valence electrons. The van der Waals surface area contributed by atoms with E-state index in [2.05, 4.69) is 30.8 Å². The highest BCUT2D eigenvalue weighted by Gasteiger charge is 2.62. The number of ketones is 1. The second-order valence-electron chi connectivity index (χ2n) is 10.6. The van der Waals surface area contributed by atoms with Crippen molar-refractivity contribution in [3.05, 3.63) is 4.91 Å². The predicted molar refractivity (Wildman–Crippen MR) is 116 cm³/mol. The maximum absolute atomic E-state index is 12.6. The van der Waals surface area contributed by atoms with E-state index in [0.717, 1.165) is 45.1 Å². The van der Waals surface area contributed by atoms with Gasteiger partial charge in [0.2, 0.25) is 0 Å². The molecular weight excluding hydrogens is 368 g/mol. The highest BCUT2D eigenvalue weighted by atomic mass is 32.2. The van der Waals surface area contributed by atoms with E-state index in [0.29, 0.717) is 34.7 Å². The Kier molecular flexibility index (Phi) is 5.97. The molecule has 4 aliphatic rings. The smallest absolute Gasteiger partial charge is 0.139 e. The van der Waals surface area contributed by atoms with E-state index < -0.39 is 0 Å². The van der Waals surface area contributed by atoms with Gasteiger partial charge in [-0.05, 0) is 99.2 Å². The minimum atomic E-state index is -0.117. The first kappa shape index (κ1) is 20.8. The van der Waals surface area contributed by atoms with Gasteiger partial charge < -0.3 is 5.73 Å². The van der Waals surface area contributed by atoms with Crippen molar-refractivity contribution in [3.8, 4) is 0 Å². The van der Waals surface area contributed by atoms with Crippen LogP contribution >= 0.6 is 11.8 Å². The summed E-state index contributed by atoms with van der Waals surface area (Å²) in [5, 5.41) is 4.39. The predicted octanol–water partition coefficient (Wildman–Crippen LogP) is 5.18. The Morgan fingerprint density at radius 3 is 2.64 bits per heavy atom. The van der Waals surface area contributed by atoms with Gasteiger partial charge in [-0.15, -0.1) is 0 Å². The van der Waals surface area contributed by atoms with Crippen molar-refractivity contribution < 1.29 is 4.79 Å². The summed E-state index contributed by atoms with van der Waals surface area (Å²) in [7, 11) is 0. The van der Waals surface area contributed by atoms with Crippen LogP contribution in [0, 0.1) is 39.4 Å². The number of nitrogens with zero attached hydrogens (tertiary/aromatic N) is 1. The van der Waals surface area contributed by atoms with Crippen LogP contribution in [0.2, 0.25) is 0 Å². The quantitative estimate of drug-likeness (QED) is 0.487. The number of nitroso groups, excluding NO2 is 1. The normalized spacial score (nSPS) is 47.9. The van der Waals surface area contributed by atoms with E-state index in [1.807, 2.05) is 0 Å². The number of rotatable bonds is 6. The van der Waals surface area contributed by atoms with E-state index in [4.69, 9.17) is 5.73 Å². The zero-order valence-electron chi connectivity index (χ0n) is 17.7. The van der Waals surface area contributed by atoms with Gasteiger partial charge in [-0.1, -0.05) is 19.0 Å². The number of unbranched alkanes of at least 4 members (excludes halogenated alkanes) is 1. The first-order valence-corrected chi connectivity index (χ1v) is 12.7. The van der Waals surface area contributed by atoms with E-state index in [9.17, 15) is 9.70 Å². The zero-order valence-corrected chi connectivity index (χ0v) is 18.5. The molecule has 0 amide bonds. The molecule has 2 N–H and O–H groups in total. The van der Waals surface area contributed by atoms with Crippen LogP contribution < -0.4 is 5.73 Å². The summed E-state index contributed by atoms with van der Waals surface area (Å²) in [6.45, 7) is 5.48. The standard InChI is InChI=1S/C23H38N2O2S/c1-22-9-7-15(28-12-4-3-11-24)13-19(22)20(25-27)14-16-17-5-6-21(26)23(17,2)10-8-18(16)22/h15-20H,3-14,24H2,1-2H3/t15-,16+,17+,18+,19?,20?,22-,23+/m1/s1. The number of carbonyl (C=O) groups is 1. The van der Waals surface area contributed by atoms with Gasteiger partial charge in [0.05, 0.1) is 6.04 Å². The van der Waals surface area contributed by atoms with Crippen molar-refractivity contribution in [3.63, 3.8) is 0 Å². The molecule has 0 aromatic carbocycles. The first-order valence-electron chi connectivity index (χ1n) is 11.6. The van der Waals surface area contributed by atoms with E-state index in [1.54, 1.807) is 0 Å². The average Bonchev–Trinajstić information content (AvgIpc) is 3.00. The van der Waals surface area contributed by atoms with E-state index in [-0.39, 0.29) is 16.9 Å². The number of hydrogen-bond donors (Lipinski definition) is 1. The number of nitrogens with two attached hydrogens (primary N) is 1. The van der Waals surface area contributed by atoms with Crippen molar-refractivity contribution in [2.75, 3.05) is 12.3 Å². The lowest BCUT2D eigenvalue weighted by atomic mass is 9.44. The zero-order chi connectivity index (χ0) is 19.9. The summed E-state index contributed by atoms with van der Waals surface area (Å²) in [6.07, 6.45) is 11.0. The summed E-state index contributed by atoms with van der Waals surface area (Å²) < 4.78 is 0. The Labute approximate surface area is 174 Å². The number of fused-ring (bicyclic) bond motifs is 5. The highest BCUT2D eigenvalue weighted by Crippen LogP contribution is 2.66. The van der Waals surface area contributed by atoms with E-state index in [1.165, 1.54) is 31.4 Å². The van der Waals surface area contributed by atoms with Crippen LogP contribution in [0.25, 0.3) is 0 Å². The second-order valence-corrected chi connectivity index (χ2v) is 12.0. The Bertz CT molecular complexity index is 613. The molecule has 28 heavy (non-hydrogen) atoms. The number of thioether (sulfide) groups is 1. The van der Waals surface area contributed by atoms with Crippen LogP contribution in [-0.2, 0) is 4.79 Å². The summed E-state index contributed by atoms with van der Waals surface area (Å²) in [6, 6.07) is -0.0447. The summed E-state index contributed by atoms with van der Waals surface area (Å²) >= 11 is 2.10. The van der Waals surface area contributed by atoms with Gasteiger partial charge in [-0.25, -0.2) is 0 Å². The lowest BCUT2D eigenvalue weighted by Gasteiger charge is -2.61. The molecule has 4 rings (SSSR count). The van der Waals surface area contributed by atoms with Crippen molar-refractivity contribution in [1.82, 2.24) is 0 Å². The average molecular weight is 407 g/mol. The molecule has 0 aromatic heterocycles. The molecule has 8 atom stereocenters. The van der Waals surface area contributed by atoms with Crippen LogP contribution in [0.1, 0.15) is 78.1 Å². The van der Waals surface area contributed by atoms with Crippen LogP contribution in [0.15, 0.2) is 5.18 Å². The molecule has 0 aliphatic heterocycles. The summed E-state index contributed by atoms with van der Waals surface area (Å²) in [5.41, 5.74) is 5.75. The molecule has 0 aromatic rings. The summed E-state index contributed by atoms with van der Waals surface area (Å²) in [5.74, 6) is 3.82. The Morgan fingerprint density at radius 1 is 1.07 bits per heavy atom. The largest absolute Gasteiger partial charge is 0.330 e. The van der Waals surface area contributed by atoms with Gasteiger partial charge in [0.25, 0.3) is 0 Å². The number of carbonyl (C=O) groups excluding carboxylic acids is 1. The molecule has 4 aliphatic carbocycles. The molecule has 0 heterocycles. The van der Waals surface area contributed by atoms with Crippen molar-refractivity contribution in [2.45, 2.75) is 89.3 Å².